The molecule has 0 saturated heterocycles. The minimum Gasteiger partial charge on any atom is -0.396 e. The lowest BCUT2D eigenvalue weighted by Gasteiger charge is -2.28. The average molecular weight is 516 g/mol. The summed E-state index contributed by atoms with van der Waals surface area (Å²) in [6.45, 7) is -5.08. The fourth-order valence-electron chi connectivity index (χ4n) is 1.84. The number of rotatable bonds is 18. The van der Waals surface area contributed by atoms with Crippen molar-refractivity contribution in [1.29, 1.82) is 0 Å². The molecule has 0 aromatic rings. The Morgan fingerprint density at radius 1 is 0.839 bits per heavy atom. The molecule has 0 aliphatic heterocycles. The van der Waals surface area contributed by atoms with Crippen LogP contribution in [-0.2, 0) is 27.1 Å². The molecule has 0 aliphatic rings. The van der Waals surface area contributed by atoms with Crippen LogP contribution in [-0.4, -0.2) is 93.5 Å². The van der Waals surface area contributed by atoms with Crippen molar-refractivity contribution in [2.24, 2.45) is 16.6 Å². The molecule has 0 heterocycles. The van der Waals surface area contributed by atoms with E-state index in [0.29, 0.717) is 0 Å². The first-order valence-corrected chi connectivity index (χ1v) is 12.1. The third-order valence-electron chi connectivity index (χ3n) is 4.24. The van der Waals surface area contributed by atoms with Gasteiger partial charge in [0, 0.05) is 10.8 Å². The summed E-state index contributed by atoms with van der Waals surface area (Å²) in [4.78, 5) is 9.81. The number of phosphoric ester groups is 1. The van der Waals surface area contributed by atoms with E-state index >= 15 is 0 Å². The maximum Gasteiger partial charge on any atom is 0.505 e. The van der Waals surface area contributed by atoms with Gasteiger partial charge in [0.2, 0.25) is 0 Å². The molecule has 0 radical (unpaired) electrons. The fraction of sp³-hybridized carbons (Fsp3) is 0.923. The van der Waals surface area contributed by atoms with Gasteiger partial charge < -0.3 is 41.3 Å². The third-order valence-corrected chi connectivity index (χ3v) is 7.27. The second-order valence-electron chi connectivity index (χ2n) is 6.67. The molecule has 18 heteroatoms. The molecule has 2 unspecified atom stereocenters. The minimum atomic E-state index is -5.12. The molecule has 0 aliphatic carbocycles. The van der Waals surface area contributed by atoms with Crippen molar-refractivity contribution < 1.29 is 62.6 Å². The van der Waals surface area contributed by atoms with Crippen molar-refractivity contribution in [3.8, 4) is 0 Å². The zero-order valence-corrected chi connectivity index (χ0v) is 19.1. The van der Waals surface area contributed by atoms with Crippen LogP contribution in [0.15, 0.2) is 0 Å². The Morgan fingerprint density at radius 2 is 1.23 bits per heavy atom. The summed E-state index contributed by atoms with van der Waals surface area (Å²) in [5.41, 5.74) is 4.10. The molecular formula is C13H30N2O13P2S. The van der Waals surface area contributed by atoms with Crippen LogP contribution >= 0.6 is 27.9 Å². The number of thiocarbonyl (C=S) groups is 1. The lowest BCUT2D eigenvalue weighted by Crippen LogP contribution is -2.35. The molecule has 0 bridgehead atoms. The van der Waals surface area contributed by atoms with E-state index in [9.17, 15) is 44.7 Å². The third kappa shape index (κ3) is 10.9. The van der Waals surface area contributed by atoms with E-state index in [1.807, 2.05) is 0 Å². The van der Waals surface area contributed by atoms with E-state index in [2.05, 4.69) is 25.7 Å². The van der Waals surface area contributed by atoms with Crippen LogP contribution in [0.25, 0.3) is 0 Å². The lowest BCUT2D eigenvalue weighted by molar-refractivity contribution is -0.0146. The molecule has 2 atom stereocenters. The van der Waals surface area contributed by atoms with Crippen LogP contribution < -0.4 is 11.2 Å². The van der Waals surface area contributed by atoms with Crippen molar-refractivity contribution in [3.05, 3.63) is 0 Å². The van der Waals surface area contributed by atoms with E-state index in [4.69, 9.17) is 10.3 Å². The number of hydrogen-bond acceptors (Lipinski definition) is 13. The minimum absolute atomic E-state index is 0.261. The summed E-state index contributed by atoms with van der Waals surface area (Å²) in [6, 6.07) is 0. The molecule has 0 spiro atoms. The molecule has 10 N–H and O–H groups in total. The Morgan fingerprint density at radius 3 is 1.58 bits per heavy atom. The van der Waals surface area contributed by atoms with Crippen LogP contribution in [0.5, 0.6) is 0 Å². The van der Waals surface area contributed by atoms with Gasteiger partial charge in [0.25, 0.3) is 0 Å². The zero-order chi connectivity index (χ0) is 24.2. The molecule has 0 saturated carbocycles. The van der Waals surface area contributed by atoms with Gasteiger partial charge in [0.05, 0.1) is 52.9 Å². The van der Waals surface area contributed by atoms with Gasteiger partial charge in [-0.15, -0.1) is 0 Å². The number of nitrogens with one attached hydrogen (secondary N) is 1. The highest BCUT2D eigenvalue weighted by atomic mass is 32.1. The highest BCUT2D eigenvalue weighted by molar-refractivity contribution is 7.80. The summed E-state index contributed by atoms with van der Waals surface area (Å²) in [5, 5.41) is 55.0. The Balaban J connectivity index is 5.15. The van der Waals surface area contributed by atoms with Crippen molar-refractivity contribution in [2.75, 3.05) is 52.9 Å². The summed E-state index contributed by atoms with van der Waals surface area (Å²) in [6.07, 6.45) is -0.531. The molecule has 15 nitrogen and oxygen atoms in total. The van der Waals surface area contributed by atoms with Gasteiger partial charge >= 0.3 is 15.6 Å². The van der Waals surface area contributed by atoms with Gasteiger partial charge in [-0.1, -0.05) is 0 Å². The van der Waals surface area contributed by atoms with Gasteiger partial charge in [-0.2, -0.15) is 8.94 Å². The second-order valence-corrected chi connectivity index (χ2v) is 10.3. The van der Waals surface area contributed by atoms with E-state index in [0.717, 1.165) is 0 Å². The Labute approximate surface area is 183 Å². The molecule has 0 amide bonds. The van der Waals surface area contributed by atoms with E-state index in [1.54, 1.807) is 5.48 Å². The first kappa shape index (κ1) is 30.7. The molecule has 31 heavy (non-hydrogen) atoms. The molecule has 0 aromatic carbocycles. The number of hydrogen-bond donors (Lipinski definition) is 9. The first-order valence-electron chi connectivity index (χ1n) is 8.73. The van der Waals surface area contributed by atoms with E-state index in [-0.39, 0.29) is 12.8 Å². The van der Waals surface area contributed by atoms with Crippen molar-refractivity contribution >= 4 is 33.0 Å². The standard InChI is InChI=1S/C13H30N2O13P2S/c14-11(31)15-27-30(24,26-4-2-13(8-19,9-20)10-21)28-29(22,23)25-3-1-12(5-16,6-17)7-18/h16-21H,1-10H2,(H,22,23)(H3,14,15,31). The Hall–Kier alpha value is -0.290. The maximum atomic E-state index is 12.6. The normalized spacial score (nSPS) is 16.5. The monoisotopic (exact) mass is 516 g/mol. The number of aliphatic hydroxyl groups is 6. The highest BCUT2D eigenvalue weighted by Crippen LogP contribution is 2.63. The lowest BCUT2D eigenvalue weighted by atomic mass is 9.88. The van der Waals surface area contributed by atoms with E-state index in [1.165, 1.54) is 0 Å². The highest BCUT2D eigenvalue weighted by Gasteiger charge is 2.41. The SMILES string of the molecule is NC(=S)NOP(=O)(OCCC(CO)(CO)CO)OP(=O)(O)OCCC(CO)(CO)CO. The Kier molecular flexibility index (Phi) is 13.9. The Bertz CT molecular complexity index is 616. The first-order chi connectivity index (χ1) is 14.4. The van der Waals surface area contributed by atoms with Gasteiger partial charge in [0.1, 0.15) is 0 Å². The van der Waals surface area contributed by atoms with Crippen LogP contribution in [0.2, 0.25) is 0 Å². The molecule has 0 fully saturated rings. The van der Waals surface area contributed by atoms with Crippen LogP contribution in [0.4, 0.5) is 0 Å². The molecule has 0 aromatic heterocycles. The van der Waals surface area contributed by atoms with Gasteiger partial charge in [-0.25, -0.2) is 14.6 Å². The van der Waals surface area contributed by atoms with Crippen molar-refractivity contribution in [1.82, 2.24) is 5.48 Å². The second kappa shape index (κ2) is 14.1. The average Bonchev–Trinajstić information content (AvgIpc) is 2.73. The van der Waals surface area contributed by atoms with Crippen LogP contribution in [0.1, 0.15) is 12.8 Å². The largest absolute Gasteiger partial charge is 0.505 e. The summed E-state index contributed by atoms with van der Waals surface area (Å²) >= 11 is 4.46. The van der Waals surface area contributed by atoms with Crippen LogP contribution in [0, 0.1) is 10.8 Å². The number of phosphoric acid groups is 2. The predicted molar refractivity (Wildman–Crippen MR) is 108 cm³/mol. The summed E-state index contributed by atoms with van der Waals surface area (Å²) < 4.78 is 43.2. The molecule has 0 rings (SSSR count). The number of hydroxylamine groups is 1. The maximum absolute atomic E-state index is 12.6. The summed E-state index contributed by atoms with van der Waals surface area (Å²) in [5.74, 6) is 0. The quantitative estimate of drug-likeness (QED) is 0.0528. The van der Waals surface area contributed by atoms with Crippen molar-refractivity contribution in [3.63, 3.8) is 0 Å². The van der Waals surface area contributed by atoms with Gasteiger partial charge in [-0.05, 0) is 25.1 Å². The molecular weight excluding hydrogens is 486 g/mol. The fourth-order valence-corrected chi connectivity index (χ4v) is 4.37. The van der Waals surface area contributed by atoms with E-state index < -0.39 is 84.4 Å². The summed E-state index contributed by atoms with van der Waals surface area (Å²) in [7, 11) is -10.0. The van der Waals surface area contributed by atoms with Crippen molar-refractivity contribution in [2.45, 2.75) is 12.8 Å². The predicted octanol–water partition coefficient (Wildman–Crippen LogP) is -2.28. The zero-order valence-electron chi connectivity index (χ0n) is 16.5. The number of aliphatic hydroxyl groups excluding tert-OH is 6. The van der Waals surface area contributed by atoms with Gasteiger partial charge in [0.15, 0.2) is 5.11 Å². The van der Waals surface area contributed by atoms with Gasteiger partial charge in [-0.3, -0.25) is 9.05 Å². The van der Waals surface area contributed by atoms with Crippen LogP contribution in [0.3, 0.4) is 0 Å². The smallest absolute Gasteiger partial charge is 0.396 e. The number of nitrogens with two attached hydrogens (primary N) is 1. The topological polar surface area (TPSA) is 251 Å². The molecule has 186 valence electrons.